The molecule has 0 radical (unpaired) electrons. The van der Waals surface area contributed by atoms with Crippen LogP contribution >= 0.6 is 23.2 Å². The molecule has 0 bridgehead atoms. The molecular formula is C34H35Cl2N3O5S. The zero-order chi connectivity index (χ0) is 32.4. The maximum Gasteiger partial charge on any atom is 0.264 e. The summed E-state index contributed by atoms with van der Waals surface area (Å²) in [5.74, 6) is -0.456. The van der Waals surface area contributed by atoms with Crippen molar-refractivity contribution in [2.75, 3.05) is 24.5 Å². The summed E-state index contributed by atoms with van der Waals surface area (Å²) in [6.45, 7) is 1.72. The number of anilines is 1. The van der Waals surface area contributed by atoms with Crippen LogP contribution in [0.15, 0.2) is 108 Å². The monoisotopic (exact) mass is 667 g/mol. The van der Waals surface area contributed by atoms with Crippen LogP contribution in [-0.4, -0.2) is 51.4 Å². The van der Waals surface area contributed by atoms with Crippen molar-refractivity contribution in [1.82, 2.24) is 10.2 Å². The molecule has 4 rings (SSSR count). The van der Waals surface area contributed by atoms with Crippen LogP contribution in [0, 0.1) is 0 Å². The van der Waals surface area contributed by atoms with E-state index < -0.39 is 28.5 Å². The van der Waals surface area contributed by atoms with E-state index in [9.17, 15) is 18.0 Å². The van der Waals surface area contributed by atoms with Gasteiger partial charge in [0.1, 0.15) is 18.3 Å². The number of carbonyl (C=O) groups excluding carboxylic acids is 2. The van der Waals surface area contributed by atoms with E-state index >= 15 is 0 Å². The summed E-state index contributed by atoms with van der Waals surface area (Å²) in [7, 11) is -2.74. The third-order valence-corrected chi connectivity index (χ3v) is 9.52. The number of amides is 2. The zero-order valence-corrected chi connectivity index (χ0v) is 27.4. The molecule has 2 amide bonds. The van der Waals surface area contributed by atoms with Gasteiger partial charge < -0.3 is 15.0 Å². The first kappa shape index (κ1) is 33.8. The Hall–Kier alpha value is -4.05. The quantitative estimate of drug-likeness (QED) is 0.169. The number of ether oxygens (including phenoxy) is 1. The Balaban J connectivity index is 1.79. The molecule has 0 fully saturated rings. The molecule has 4 aromatic rings. The van der Waals surface area contributed by atoms with Gasteiger partial charge in [-0.25, -0.2) is 8.42 Å². The van der Waals surface area contributed by atoms with E-state index in [0.29, 0.717) is 40.0 Å². The summed E-state index contributed by atoms with van der Waals surface area (Å²) in [6.07, 6.45) is 0.895. The molecule has 0 saturated heterocycles. The van der Waals surface area contributed by atoms with Crippen LogP contribution in [0.3, 0.4) is 0 Å². The molecule has 0 heterocycles. The van der Waals surface area contributed by atoms with Gasteiger partial charge in [-0.3, -0.25) is 13.9 Å². The highest BCUT2D eigenvalue weighted by molar-refractivity contribution is 7.92. The third-order valence-electron chi connectivity index (χ3n) is 7.15. The Kier molecular flexibility index (Phi) is 11.9. The predicted molar refractivity (Wildman–Crippen MR) is 178 cm³/mol. The molecule has 4 aromatic carbocycles. The lowest BCUT2D eigenvalue weighted by molar-refractivity contribution is -0.140. The second-order valence-corrected chi connectivity index (χ2v) is 13.0. The Bertz CT molecular complexity index is 1690. The number of methoxy groups -OCH3 is 1. The van der Waals surface area contributed by atoms with Crippen LogP contribution in [0.2, 0.25) is 10.0 Å². The molecule has 0 aliphatic heterocycles. The van der Waals surface area contributed by atoms with Gasteiger partial charge in [-0.2, -0.15) is 0 Å². The van der Waals surface area contributed by atoms with Gasteiger partial charge in [-0.1, -0.05) is 84.7 Å². The molecule has 0 saturated carbocycles. The van der Waals surface area contributed by atoms with E-state index in [1.807, 2.05) is 37.3 Å². The normalized spacial score (nSPS) is 11.8. The number of sulfonamides is 1. The Labute approximate surface area is 274 Å². The average Bonchev–Trinajstić information content (AvgIpc) is 3.05. The number of nitrogens with one attached hydrogen (secondary N) is 1. The first-order valence-electron chi connectivity index (χ1n) is 14.4. The van der Waals surface area contributed by atoms with E-state index in [1.54, 1.807) is 60.7 Å². The van der Waals surface area contributed by atoms with Gasteiger partial charge in [0.2, 0.25) is 11.8 Å². The van der Waals surface area contributed by atoms with Crippen molar-refractivity contribution in [3.63, 3.8) is 0 Å². The molecule has 0 spiro atoms. The fourth-order valence-electron chi connectivity index (χ4n) is 4.75. The molecule has 45 heavy (non-hydrogen) atoms. The second-order valence-electron chi connectivity index (χ2n) is 10.3. The Morgan fingerprint density at radius 3 is 2.13 bits per heavy atom. The van der Waals surface area contributed by atoms with Crippen molar-refractivity contribution in [3.05, 3.63) is 124 Å². The van der Waals surface area contributed by atoms with Crippen LogP contribution in [0.4, 0.5) is 5.69 Å². The highest BCUT2D eigenvalue weighted by Crippen LogP contribution is 2.28. The number of para-hydroxylation sites is 1. The van der Waals surface area contributed by atoms with Gasteiger partial charge in [0, 0.05) is 29.6 Å². The second kappa shape index (κ2) is 15.8. The molecule has 1 atom stereocenters. The molecule has 236 valence electrons. The van der Waals surface area contributed by atoms with E-state index in [0.717, 1.165) is 9.87 Å². The van der Waals surface area contributed by atoms with Crippen molar-refractivity contribution in [1.29, 1.82) is 0 Å². The highest BCUT2D eigenvalue weighted by atomic mass is 35.5. The molecule has 8 nitrogen and oxygen atoms in total. The molecule has 0 aromatic heterocycles. The summed E-state index contributed by atoms with van der Waals surface area (Å²) in [4.78, 5) is 29.5. The minimum absolute atomic E-state index is 0.0197. The van der Waals surface area contributed by atoms with Gasteiger partial charge in [0.15, 0.2) is 0 Å². The van der Waals surface area contributed by atoms with Crippen LogP contribution in [0.1, 0.15) is 24.5 Å². The summed E-state index contributed by atoms with van der Waals surface area (Å²) in [6, 6.07) is 27.6. The van der Waals surface area contributed by atoms with Crippen molar-refractivity contribution >= 4 is 50.7 Å². The number of hydrogen-bond donors (Lipinski definition) is 1. The molecule has 11 heteroatoms. The van der Waals surface area contributed by atoms with Gasteiger partial charge in [0.05, 0.1) is 17.7 Å². The average molecular weight is 669 g/mol. The van der Waals surface area contributed by atoms with Crippen LogP contribution < -0.4 is 14.4 Å². The molecule has 0 aliphatic carbocycles. The number of carbonyl (C=O) groups is 2. The lowest BCUT2D eigenvalue weighted by Crippen LogP contribution is -2.53. The molecule has 1 N–H and O–H groups in total. The molecule has 0 aliphatic rings. The number of nitrogens with zero attached hydrogens (tertiary/aromatic N) is 2. The third kappa shape index (κ3) is 8.78. The van der Waals surface area contributed by atoms with Crippen LogP contribution in [-0.2, 0) is 32.6 Å². The fourth-order valence-corrected chi connectivity index (χ4v) is 6.63. The summed E-state index contributed by atoms with van der Waals surface area (Å²) < 4.78 is 34.4. The standard InChI is InChI=1S/C34H35Cl2N3O5S/c1-3-20-37-34(41)32(21-25-10-6-4-7-11-25)38(23-26-14-15-27(35)22-31(26)36)33(40)24-39(28-12-8-5-9-13-28)45(42,43)30-18-16-29(44-2)17-19-30/h4-19,22,32H,3,20-21,23-24H2,1-2H3,(H,37,41)/t32-/m0/s1. The smallest absolute Gasteiger partial charge is 0.264 e. The minimum atomic E-state index is -4.23. The Morgan fingerprint density at radius 1 is 0.889 bits per heavy atom. The number of hydrogen-bond acceptors (Lipinski definition) is 5. The summed E-state index contributed by atoms with van der Waals surface area (Å²) >= 11 is 12.7. The maximum absolute atomic E-state index is 14.4. The van der Waals surface area contributed by atoms with E-state index in [4.69, 9.17) is 27.9 Å². The minimum Gasteiger partial charge on any atom is -0.497 e. The van der Waals surface area contributed by atoms with Crippen LogP contribution in [0.5, 0.6) is 5.75 Å². The number of benzene rings is 4. The van der Waals surface area contributed by atoms with Crippen molar-refractivity contribution in [2.45, 2.75) is 37.2 Å². The van der Waals surface area contributed by atoms with Gasteiger partial charge in [-0.15, -0.1) is 0 Å². The molecular weight excluding hydrogens is 633 g/mol. The zero-order valence-electron chi connectivity index (χ0n) is 25.0. The number of rotatable bonds is 14. The van der Waals surface area contributed by atoms with Crippen LogP contribution in [0.25, 0.3) is 0 Å². The maximum atomic E-state index is 14.4. The summed E-state index contributed by atoms with van der Waals surface area (Å²) in [5, 5.41) is 3.66. The topological polar surface area (TPSA) is 96.0 Å². The van der Waals surface area contributed by atoms with Crippen molar-refractivity contribution < 1.29 is 22.7 Å². The SMILES string of the molecule is CCCNC(=O)[C@H](Cc1ccccc1)N(Cc1ccc(Cl)cc1Cl)C(=O)CN(c1ccccc1)S(=O)(=O)c1ccc(OC)cc1. The largest absolute Gasteiger partial charge is 0.497 e. The van der Waals surface area contributed by atoms with E-state index in [1.165, 1.54) is 24.1 Å². The fraction of sp³-hybridized carbons (Fsp3) is 0.235. The predicted octanol–water partition coefficient (Wildman–Crippen LogP) is 6.36. The van der Waals surface area contributed by atoms with Gasteiger partial charge in [-0.05, 0) is 66.1 Å². The van der Waals surface area contributed by atoms with Gasteiger partial charge >= 0.3 is 0 Å². The first-order chi connectivity index (χ1) is 21.6. The van der Waals surface area contributed by atoms with E-state index in [2.05, 4.69) is 5.32 Å². The lowest BCUT2D eigenvalue weighted by atomic mass is 10.0. The van der Waals surface area contributed by atoms with Crippen molar-refractivity contribution in [3.8, 4) is 5.75 Å². The molecule has 0 unspecified atom stereocenters. The Morgan fingerprint density at radius 2 is 1.53 bits per heavy atom. The number of halogens is 2. The highest BCUT2D eigenvalue weighted by Gasteiger charge is 2.34. The summed E-state index contributed by atoms with van der Waals surface area (Å²) in [5.41, 5.74) is 1.68. The van der Waals surface area contributed by atoms with Gasteiger partial charge in [0.25, 0.3) is 10.0 Å². The van der Waals surface area contributed by atoms with Crippen molar-refractivity contribution in [2.24, 2.45) is 0 Å². The first-order valence-corrected chi connectivity index (χ1v) is 16.6. The van der Waals surface area contributed by atoms with E-state index in [-0.39, 0.29) is 23.8 Å². The lowest BCUT2D eigenvalue weighted by Gasteiger charge is -2.34.